The van der Waals surface area contributed by atoms with Gasteiger partial charge in [-0.1, -0.05) is 19.3 Å². The van der Waals surface area contributed by atoms with Crippen LogP contribution in [-0.2, 0) is 15.6 Å². The Labute approximate surface area is 137 Å². The predicted molar refractivity (Wildman–Crippen MR) is 85.5 cm³/mol. The van der Waals surface area contributed by atoms with Crippen LogP contribution >= 0.6 is 11.3 Å². The fourth-order valence-corrected chi connectivity index (χ4v) is 6.45. The molecule has 4 rings (SSSR count). The number of sulfone groups is 1. The lowest BCUT2D eigenvalue weighted by molar-refractivity contribution is 0.0688. The highest BCUT2D eigenvalue weighted by Crippen LogP contribution is 2.44. The zero-order valence-corrected chi connectivity index (χ0v) is 14.0. The van der Waals surface area contributed by atoms with Crippen molar-refractivity contribution in [2.24, 2.45) is 0 Å². The van der Waals surface area contributed by atoms with Gasteiger partial charge in [-0.25, -0.2) is 13.2 Å². The Morgan fingerprint density at radius 1 is 1.30 bits per heavy atom. The Morgan fingerprint density at radius 3 is 2.74 bits per heavy atom. The van der Waals surface area contributed by atoms with Crippen LogP contribution in [0.15, 0.2) is 15.7 Å². The highest BCUT2D eigenvalue weighted by atomic mass is 32.2. The number of carboxylic acids is 1. The number of aromatic carboxylic acids is 1. The minimum atomic E-state index is -3.48. The van der Waals surface area contributed by atoms with Crippen molar-refractivity contribution < 1.29 is 18.3 Å². The fourth-order valence-electron chi connectivity index (χ4n) is 3.62. The van der Waals surface area contributed by atoms with Gasteiger partial charge in [0.1, 0.15) is 4.21 Å². The molecule has 3 heterocycles. The summed E-state index contributed by atoms with van der Waals surface area (Å²) in [6, 6.07) is 1.92. The van der Waals surface area contributed by atoms with E-state index < -0.39 is 15.8 Å². The van der Waals surface area contributed by atoms with Crippen LogP contribution in [0.25, 0.3) is 11.3 Å². The molecule has 0 atom stereocenters. The van der Waals surface area contributed by atoms with E-state index in [4.69, 9.17) is 0 Å². The summed E-state index contributed by atoms with van der Waals surface area (Å²) in [5, 5.41) is 15.5. The largest absolute Gasteiger partial charge is 0.476 e. The molecule has 0 bridgehead atoms. The number of nitrogens with zero attached hydrogens (tertiary/aromatic N) is 2. The van der Waals surface area contributed by atoms with E-state index in [1.54, 1.807) is 16.1 Å². The molecule has 1 fully saturated rings. The third-order valence-corrected chi connectivity index (χ3v) is 7.84. The Balaban J connectivity index is 1.97. The number of thiophene rings is 1. The molecule has 6 nitrogen and oxygen atoms in total. The standard InChI is InChI=1S/C15H16N2O4S2/c18-14(19)12-11-8-23(20,21)15-10(6-7-22-15)13(11)17(16-12)9-4-2-1-3-5-9/h6-7,9H,1-5,8H2,(H,18,19). The summed E-state index contributed by atoms with van der Waals surface area (Å²) in [5.41, 5.74) is 1.53. The highest BCUT2D eigenvalue weighted by Gasteiger charge is 2.38. The van der Waals surface area contributed by atoms with Gasteiger partial charge in [-0.15, -0.1) is 11.3 Å². The van der Waals surface area contributed by atoms with E-state index in [2.05, 4.69) is 5.10 Å². The van der Waals surface area contributed by atoms with Gasteiger partial charge in [-0.2, -0.15) is 5.10 Å². The van der Waals surface area contributed by atoms with Crippen LogP contribution in [0.3, 0.4) is 0 Å². The zero-order valence-electron chi connectivity index (χ0n) is 12.4. The fraction of sp³-hybridized carbons (Fsp3) is 0.467. The van der Waals surface area contributed by atoms with Crippen molar-refractivity contribution >= 4 is 27.1 Å². The summed E-state index contributed by atoms with van der Waals surface area (Å²) in [5.74, 6) is -1.44. The molecule has 1 N–H and O–H groups in total. The molecule has 0 radical (unpaired) electrons. The van der Waals surface area contributed by atoms with Crippen LogP contribution in [0.2, 0.25) is 0 Å². The summed E-state index contributed by atoms with van der Waals surface area (Å²) in [7, 11) is -3.48. The van der Waals surface area contributed by atoms with E-state index in [9.17, 15) is 18.3 Å². The lowest BCUT2D eigenvalue weighted by Gasteiger charge is -2.25. The third-order valence-electron chi connectivity index (χ3n) is 4.63. The van der Waals surface area contributed by atoms with Crippen LogP contribution in [-0.4, -0.2) is 29.3 Å². The smallest absolute Gasteiger partial charge is 0.356 e. The molecule has 0 aromatic carbocycles. The number of hydrogen-bond acceptors (Lipinski definition) is 5. The number of rotatable bonds is 2. The first-order chi connectivity index (χ1) is 11.0. The van der Waals surface area contributed by atoms with E-state index in [0.717, 1.165) is 25.7 Å². The zero-order chi connectivity index (χ0) is 16.2. The predicted octanol–water partition coefficient (Wildman–Crippen LogP) is 3.10. The molecular weight excluding hydrogens is 336 g/mol. The molecule has 0 unspecified atom stereocenters. The van der Waals surface area contributed by atoms with Crippen molar-refractivity contribution in [2.75, 3.05) is 0 Å². The monoisotopic (exact) mass is 352 g/mol. The lowest BCUT2D eigenvalue weighted by Crippen LogP contribution is -2.18. The second-order valence-electron chi connectivity index (χ2n) is 6.10. The molecule has 0 amide bonds. The van der Waals surface area contributed by atoms with Crippen LogP contribution in [0.4, 0.5) is 0 Å². The molecule has 0 spiro atoms. The first kappa shape index (κ1) is 14.9. The van der Waals surface area contributed by atoms with Gasteiger partial charge < -0.3 is 5.11 Å². The van der Waals surface area contributed by atoms with Crippen molar-refractivity contribution in [2.45, 2.75) is 48.1 Å². The summed E-state index contributed by atoms with van der Waals surface area (Å²) in [4.78, 5) is 11.6. The van der Waals surface area contributed by atoms with Gasteiger partial charge in [0, 0.05) is 11.1 Å². The van der Waals surface area contributed by atoms with E-state index in [-0.39, 0.29) is 17.5 Å². The summed E-state index contributed by atoms with van der Waals surface area (Å²) in [6.07, 6.45) is 5.29. The van der Waals surface area contributed by atoms with Crippen LogP contribution in [0, 0.1) is 0 Å². The van der Waals surface area contributed by atoms with Crippen molar-refractivity contribution in [1.29, 1.82) is 0 Å². The molecule has 1 aliphatic carbocycles. The summed E-state index contributed by atoms with van der Waals surface area (Å²) >= 11 is 1.19. The minimum Gasteiger partial charge on any atom is -0.476 e. The highest BCUT2D eigenvalue weighted by molar-refractivity contribution is 7.93. The minimum absolute atomic E-state index is 0.119. The Kier molecular flexibility index (Phi) is 3.35. The van der Waals surface area contributed by atoms with Crippen LogP contribution < -0.4 is 0 Å². The lowest BCUT2D eigenvalue weighted by atomic mass is 9.95. The Bertz CT molecular complexity index is 889. The van der Waals surface area contributed by atoms with Gasteiger partial charge >= 0.3 is 5.97 Å². The SMILES string of the molecule is O=C(O)c1nn(C2CCCCC2)c2c1CS(=O)(=O)c1sccc1-2. The molecule has 2 aromatic rings. The topological polar surface area (TPSA) is 89.3 Å². The molecular formula is C15H16N2O4S2. The van der Waals surface area contributed by atoms with Gasteiger partial charge in [0.2, 0.25) is 0 Å². The quantitative estimate of drug-likeness (QED) is 0.897. The van der Waals surface area contributed by atoms with E-state index in [0.29, 0.717) is 21.0 Å². The second-order valence-corrected chi connectivity index (χ2v) is 9.20. The van der Waals surface area contributed by atoms with Gasteiger partial charge in [0.05, 0.1) is 17.5 Å². The number of carboxylic acid groups (broad SMARTS) is 1. The maximum atomic E-state index is 12.4. The first-order valence-corrected chi connectivity index (χ1v) is 10.2. The number of aromatic nitrogens is 2. The first-order valence-electron chi connectivity index (χ1n) is 7.64. The molecule has 23 heavy (non-hydrogen) atoms. The average molecular weight is 352 g/mol. The molecule has 1 aliphatic heterocycles. The molecule has 0 saturated heterocycles. The maximum Gasteiger partial charge on any atom is 0.356 e. The van der Waals surface area contributed by atoms with Gasteiger partial charge in [-0.05, 0) is 24.3 Å². The number of carbonyl (C=O) groups is 1. The van der Waals surface area contributed by atoms with Gasteiger partial charge in [-0.3, -0.25) is 4.68 Å². The van der Waals surface area contributed by atoms with E-state index >= 15 is 0 Å². The number of hydrogen-bond donors (Lipinski definition) is 1. The molecule has 2 aromatic heterocycles. The molecule has 2 aliphatic rings. The summed E-state index contributed by atoms with van der Waals surface area (Å²) < 4.78 is 27.0. The average Bonchev–Trinajstić information content (AvgIpc) is 3.12. The van der Waals surface area contributed by atoms with E-state index in [1.165, 1.54) is 17.8 Å². The Morgan fingerprint density at radius 2 is 2.04 bits per heavy atom. The van der Waals surface area contributed by atoms with Crippen molar-refractivity contribution in [3.63, 3.8) is 0 Å². The van der Waals surface area contributed by atoms with Crippen molar-refractivity contribution in [3.05, 3.63) is 22.7 Å². The van der Waals surface area contributed by atoms with Gasteiger partial charge in [0.15, 0.2) is 15.5 Å². The van der Waals surface area contributed by atoms with Crippen molar-refractivity contribution in [1.82, 2.24) is 9.78 Å². The third kappa shape index (κ3) is 2.23. The van der Waals surface area contributed by atoms with Crippen molar-refractivity contribution in [3.8, 4) is 11.3 Å². The molecule has 8 heteroatoms. The second kappa shape index (κ2) is 5.17. The molecule has 1 saturated carbocycles. The van der Waals surface area contributed by atoms with Crippen LogP contribution in [0.1, 0.15) is 54.2 Å². The maximum absolute atomic E-state index is 12.4. The van der Waals surface area contributed by atoms with Gasteiger partial charge in [0.25, 0.3) is 0 Å². The van der Waals surface area contributed by atoms with Crippen LogP contribution in [0.5, 0.6) is 0 Å². The van der Waals surface area contributed by atoms with E-state index in [1.807, 2.05) is 0 Å². The Hall–Kier alpha value is -1.67. The number of fused-ring (bicyclic) bond motifs is 3. The normalized spacial score (nSPS) is 20.0. The summed E-state index contributed by atoms with van der Waals surface area (Å²) in [6.45, 7) is 0. The molecule has 122 valence electrons.